The minimum absolute atomic E-state index is 0.0826. The summed E-state index contributed by atoms with van der Waals surface area (Å²) in [5.74, 6) is -0.518. The van der Waals surface area contributed by atoms with Crippen LogP contribution in [0, 0.1) is 5.82 Å². The van der Waals surface area contributed by atoms with Crippen LogP contribution in [0.25, 0.3) is 0 Å². The second-order valence-electron chi connectivity index (χ2n) is 3.84. The summed E-state index contributed by atoms with van der Waals surface area (Å²) < 4.78 is 17.8. The van der Waals surface area contributed by atoms with E-state index in [1.807, 2.05) is 0 Å². The van der Waals surface area contributed by atoms with E-state index in [1.54, 1.807) is 20.8 Å². The Hall–Kier alpha value is -1.52. The van der Waals surface area contributed by atoms with Gasteiger partial charge in [-0.3, -0.25) is 5.32 Å². The molecule has 0 spiro atoms. The molecule has 78 valence electrons. The standard InChI is InChI=1S/C9H13FN2O2/c1-9(2,3)14-8(13)12-7-5-11-4-6(7)10/h4-5,11H,1-3H3,(H,12,13). The summed E-state index contributed by atoms with van der Waals surface area (Å²) in [5.41, 5.74) is -0.504. The highest BCUT2D eigenvalue weighted by atomic mass is 19.1. The van der Waals surface area contributed by atoms with Crippen molar-refractivity contribution < 1.29 is 13.9 Å². The normalized spacial score (nSPS) is 11.1. The first-order valence-corrected chi connectivity index (χ1v) is 4.21. The molecule has 0 aliphatic rings. The zero-order valence-electron chi connectivity index (χ0n) is 8.35. The van der Waals surface area contributed by atoms with Gasteiger partial charge in [0.15, 0.2) is 5.82 Å². The lowest BCUT2D eigenvalue weighted by Gasteiger charge is -2.19. The van der Waals surface area contributed by atoms with E-state index >= 15 is 0 Å². The van der Waals surface area contributed by atoms with E-state index in [2.05, 4.69) is 10.3 Å². The lowest BCUT2D eigenvalue weighted by atomic mass is 10.2. The third-order valence-corrected chi connectivity index (χ3v) is 1.33. The monoisotopic (exact) mass is 200 g/mol. The Kier molecular flexibility index (Phi) is 2.78. The van der Waals surface area contributed by atoms with E-state index < -0.39 is 17.5 Å². The van der Waals surface area contributed by atoms with Crippen LogP contribution >= 0.6 is 0 Å². The molecule has 0 aromatic carbocycles. The molecule has 0 aliphatic heterocycles. The van der Waals surface area contributed by atoms with Crippen LogP contribution in [0.4, 0.5) is 14.9 Å². The predicted molar refractivity (Wildman–Crippen MR) is 50.6 cm³/mol. The summed E-state index contributed by atoms with van der Waals surface area (Å²) in [4.78, 5) is 13.7. The fourth-order valence-electron chi connectivity index (χ4n) is 0.854. The van der Waals surface area contributed by atoms with Gasteiger partial charge >= 0.3 is 6.09 Å². The Balaban J connectivity index is 2.54. The van der Waals surface area contributed by atoms with Gasteiger partial charge in [-0.05, 0) is 20.8 Å². The molecule has 0 atom stereocenters. The molecule has 0 radical (unpaired) electrons. The summed E-state index contributed by atoms with van der Waals surface area (Å²) in [6.45, 7) is 5.21. The number of amides is 1. The summed E-state index contributed by atoms with van der Waals surface area (Å²) >= 11 is 0. The average Bonchev–Trinajstić information content (AvgIpc) is 2.32. The molecule has 1 aromatic rings. The van der Waals surface area contributed by atoms with E-state index in [9.17, 15) is 9.18 Å². The van der Waals surface area contributed by atoms with Gasteiger partial charge in [0.05, 0.1) is 5.69 Å². The third kappa shape index (κ3) is 3.08. The van der Waals surface area contributed by atoms with Gasteiger partial charge in [-0.15, -0.1) is 0 Å². The molecule has 0 unspecified atom stereocenters. The molecule has 1 rings (SSSR count). The van der Waals surface area contributed by atoms with Crippen molar-refractivity contribution >= 4 is 11.8 Å². The molecule has 1 aromatic heterocycles. The lowest BCUT2D eigenvalue weighted by Crippen LogP contribution is -2.27. The molecular formula is C9H13FN2O2. The minimum atomic E-state index is -0.670. The van der Waals surface area contributed by atoms with E-state index in [0.717, 1.165) is 6.20 Å². The molecule has 2 N–H and O–H groups in total. The zero-order valence-corrected chi connectivity index (χ0v) is 8.35. The number of H-pyrrole nitrogens is 1. The summed E-state index contributed by atoms with van der Waals surface area (Å²) in [5, 5.41) is 2.28. The largest absolute Gasteiger partial charge is 0.444 e. The van der Waals surface area contributed by atoms with Crippen LogP contribution in [0.1, 0.15) is 20.8 Å². The molecule has 5 heteroatoms. The Morgan fingerprint density at radius 2 is 2.14 bits per heavy atom. The highest BCUT2D eigenvalue weighted by Gasteiger charge is 2.17. The van der Waals surface area contributed by atoms with Crippen molar-refractivity contribution in [1.29, 1.82) is 0 Å². The van der Waals surface area contributed by atoms with Crippen molar-refractivity contribution in [1.82, 2.24) is 4.98 Å². The van der Waals surface area contributed by atoms with Crippen LogP contribution in [0.2, 0.25) is 0 Å². The van der Waals surface area contributed by atoms with Crippen molar-refractivity contribution in [2.45, 2.75) is 26.4 Å². The number of carbonyl (C=O) groups is 1. The quantitative estimate of drug-likeness (QED) is 0.731. The van der Waals surface area contributed by atoms with Crippen LogP contribution in [0.5, 0.6) is 0 Å². The fraction of sp³-hybridized carbons (Fsp3) is 0.444. The molecule has 4 nitrogen and oxygen atoms in total. The van der Waals surface area contributed by atoms with Crippen LogP contribution in [0.3, 0.4) is 0 Å². The number of aromatic nitrogens is 1. The maximum absolute atomic E-state index is 12.8. The number of carbonyl (C=O) groups excluding carboxylic acids is 1. The average molecular weight is 200 g/mol. The highest BCUT2D eigenvalue weighted by molar-refractivity contribution is 5.84. The van der Waals surface area contributed by atoms with E-state index in [0.29, 0.717) is 0 Å². The maximum Gasteiger partial charge on any atom is 0.412 e. The van der Waals surface area contributed by atoms with Crippen molar-refractivity contribution in [2.75, 3.05) is 5.32 Å². The number of ether oxygens (including phenoxy) is 1. The number of halogens is 1. The van der Waals surface area contributed by atoms with E-state index in [4.69, 9.17) is 4.74 Å². The minimum Gasteiger partial charge on any atom is -0.444 e. The molecular weight excluding hydrogens is 187 g/mol. The van der Waals surface area contributed by atoms with E-state index in [1.165, 1.54) is 6.20 Å². The summed E-state index contributed by atoms with van der Waals surface area (Å²) in [7, 11) is 0. The number of anilines is 1. The van der Waals surface area contributed by atoms with Gasteiger partial charge in [0.1, 0.15) is 5.60 Å². The molecule has 0 fully saturated rings. The van der Waals surface area contributed by atoms with Crippen molar-refractivity contribution in [3.8, 4) is 0 Å². The second-order valence-corrected chi connectivity index (χ2v) is 3.84. The number of aromatic amines is 1. The smallest absolute Gasteiger partial charge is 0.412 e. The van der Waals surface area contributed by atoms with Crippen LogP contribution in [0.15, 0.2) is 12.4 Å². The Labute approximate surface area is 81.5 Å². The molecule has 0 bridgehead atoms. The number of hydrogen-bond donors (Lipinski definition) is 2. The summed E-state index contributed by atoms with van der Waals surface area (Å²) in [6, 6.07) is 0. The van der Waals surface area contributed by atoms with Gasteiger partial charge in [-0.25, -0.2) is 9.18 Å². The molecule has 0 aliphatic carbocycles. The lowest BCUT2D eigenvalue weighted by molar-refractivity contribution is 0.0635. The van der Waals surface area contributed by atoms with Crippen molar-refractivity contribution in [3.63, 3.8) is 0 Å². The highest BCUT2D eigenvalue weighted by Crippen LogP contribution is 2.14. The van der Waals surface area contributed by atoms with E-state index in [-0.39, 0.29) is 5.69 Å². The second kappa shape index (κ2) is 3.69. The first-order chi connectivity index (χ1) is 6.38. The Bertz CT molecular complexity index is 328. The van der Waals surface area contributed by atoms with Gasteiger partial charge in [0.25, 0.3) is 0 Å². The van der Waals surface area contributed by atoms with Gasteiger partial charge < -0.3 is 9.72 Å². The number of rotatable bonds is 1. The van der Waals surface area contributed by atoms with Gasteiger partial charge in [-0.1, -0.05) is 0 Å². The topological polar surface area (TPSA) is 54.1 Å². The molecule has 0 saturated carbocycles. The SMILES string of the molecule is CC(C)(C)OC(=O)Nc1c[nH]cc1F. The van der Waals surface area contributed by atoms with Crippen LogP contribution in [-0.4, -0.2) is 16.7 Å². The van der Waals surface area contributed by atoms with Gasteiger partial charge in [-0.2, -0.15) is 0 Å². The zero-order chi connectivity index (χ0) is 10.8. The third-order valence-electron chi connectivity index (χ3n) is 1.33. The molecule has 1 amide bonds. The first kappa shape index (κ1) is 10.6. The number of nitrogens with one attached hydrogen (secondary N) is 2. The molecule has 1 heterocycles. The number of hydrogen-bond acceptors (Lipinski definition) is 2. The fourth-order valence-corrected chi connectivity index (χ4v) is 0.854. The first-order valence-electron chi connectivity index (χ1n) is 4.21. The molecule has 14 heavy (non-hydrogen) atoms. The summed E-state index contributed by atoms with van der Waals surface area (Å²) in [6.07, 6.45) is 1.82. The van der Waals surface area contributed by atoms with Crippen LogP contribution in [-0.2, 0) is 4.74 Å². The van der Waals surface area contributed by atoms with Crippen molar-refractivity contribution in [3.05, 3.63) is 18.2 Å². The maximum atomic E-state index is 12.8. The molecule has 0 saturated heterocycles. The Morgan fingerprint density at radius 1 is 1.50 bits per heavy atom. The predicted octanol–water partition coefficient (Wildman–Crippen LogP) is 2.50. The Morgan fingerprint density at radius 3 is 2.57 bits per heavy atom. The van der Waals surface area contributed by atoms with Crippen LogP contribution < -0.4 is 5.32 Å². The van der Waals surface area contributed by atoms with Crippen molar-refractivity contribution in [2.24, 2.45) is 0 Å². The van der Waals surface area contributed by atoms with Gasteiger partial charge in [0, 0.05) is 12.4 Å². The van der Waals surface area contributed by atoms with Gasteiger partial charge in [0.2, 0.25) is 0 Å².